The zero-order valence-electron chi connectivity index (χ0n) is 11.9. The first kappa shape index (κ1) is 14.2. The number of hydrogen-bond donors (Lipinski definition) is 0. The van der Waals surface area contributed by atoms with Gasteiger partial charge in [0.15, 0.2) is 0 Å². The minimum absolute atomic E-state index is 0.108. The van der Waals surface area contributed by atoms with Crippen LogP contribution in [0.4, 0.5) is 0 Å². The van der Waals surface area contributed by atoms with E-state index < -0.39 is 0 Å². The van der Waals surface area contributed by atoms with Gasteiger partial charge in [-0.2, -0.15) is 0 Å². The van der Waals surface area contributed by atoms with Gasteiger partial charge in [-0.3, -0.25) is 0 Å². The molecule has 0 aliphatic carbocycles. The van der Waals surface area contributed by atoms with E-state index in [1.54, 1.807) is 0 Å². The van der Waals surface area contributed by atoms with Crippen LogP contribution in [-0.4, -0.2) is 0 Å². The summed E-state index contributed by atoms with van der Waals surface area (Å²) in [6, 6.07) is 23.2. The SMILES string of the molecule is Cc1ccc(C(Br)c2ccc(Cc3ccccc3)cc2)o1. The van der Waals surface area contributed by atoms with Gasteiger partial charge in [0.1, 0.15) is 11.5 Å². The summed E-state index contributed by atoms with van der Waals surface area (Å²) >= 11 is 3.71. The fourth-order valence-electron chi connectivity index (χ4n) is 2.39. The third kappa shape index (κ3) is 3.45. The summed E-state index contributed by atoms with van der Waals surface area (Å²) in [5, 5.41) is 0. The predicted octanol–water partition coefficient (Wildman–Crippen LogP) is 5.66. The number of halogens is 1. The second kappa shape index (κ2) is 6.31. The monoisotopic (exact) mass is 340 g/mol. The van der Waals surface area contributed by atoms with Crippen molar-refractivity contribution in [2.75, 3.05) is 0 Å². The first-order chi connectivity index (χ1) is 10.2. The Kier molecular flexibility index (Phi) is 4.26. The van der Waals surface area contributed by atoms with Gasteiger partial charge < -0.3 is 4.42 Å². The van der Waals surface area contributed by atoms with Gasteiger partial charge in [0, 0.05) is 0 Å². The van der Waals surface area contributed by atoms with E-state index in [0.29, 0.717) is 0 Å². The Hall–Kier alpha value is -1.80. The molecule has 0 spiro atoms. The van der Waals surface area contributed by atoms with E-state index in [9.17, 15) is 0 Å². The first-order valence-corrected chi connectivity index (χ1v) is 7.97. The number of aryl methyl sites for hydroxylation is 1. The smallest absolute Gasteiger partial charge is 0.122 e. The van der Waals surface area contributed by atoms with Crippen molar-refractivity contribution in [2.45, 2.75) is 18.2 Å². The number of furan rings is 1. The number of hydrogen-bond acceptors (Lipinski definition) is 1. The maximum Gasteiger partial charge on any atom is 0.122 e. The Morgan fingerprint density at radius 1 is 0.857 bits per heavy atom. The van der Waals surface area contributed by atoms with Crippen LogP contribution in [0.15, 0.2) is 71.1 Å². The van der Waals surface area contributed by atoms with Crippen LogP contribution in [0, 0.1) is 6.92 Å². The summed E-state index contributed by atoms with van der Waals surface area (Å²) < 4.78 is 5.68. The van der Waals surface area contributed by atoms with Gasteiger partial charge in [0.05, 0.1) is 4.83 Å². The molecule has 21 heavy (non-hydrogen) atoms. The highest BCUT2D eigenvalue weighted by molar-refractivity contribution is 9.09. The van der Waals surface area contributed by atoms with Crippen molar-refractivity contribution in [1.82, 2.24) is 0 Å². The fourth-order valence-corrected chi connectivity index (χ4v) is 2.94. The zero-order valence-corrected chi connectivity index (χ0v) is 13.5. The van der Waals surface area contributed by atoms with Crippen LogP contribution in [0.3, 0.4) is 0 Å². The van der Waals surface area contributed by atoms with Crippen LogP contribution in [0.25, 0.3) is 0 Å². The van der Waals surface area contributed by atoms with E-state index in [2.05, 4.69) is 64.5 Å². The molecule has 1 atom stereocenters. The molecule has 0 aliphatic rings. The molecule has 1 heterocycles. The third-order valence-electron chi connectivity index (χ3n) is 3.53. The molecule has 2 aromatic carbocycles. The molecule has 1 aromatic heterocycles. The molecule has 0 saturated carbocycles. The van der Waals surface area contributed by atoms with Gasteiger partial charge in [-0.25, -0.2) is 0 Å². The Morgan fingerprint density at radius 3 is 2.14 bits per heavy atom. The van der Waals surface area contributed by atoms with E-state index in [0.717, 1.165) is 17.9 Å². The lowest BCUT2D eigenvalue weighted by Gasteiger charge is -2.09. The molecule has 0 bridgehead atoms. The molecule has 0 amide bonds. The van der Waals surface area contributed by atoms with Crippen LogP contribution in [-0.2, 0) is 6.42 Å². The van der Waals surface area contributed by atoms with Crippen molar-refractivity contribution in [3.63, 3.8) is 0 Å². The van der Waals surface area contributed by atoms with Crippen LogP contribution in [0.1, 0.15) is 33.0 Å². The van der Waals surface area contributed by atoms with Gasteiger partial charge in [0.25, 0.3) is 0 Å². The summed E-state index contributed by atoms with van der Waals surface area (Å²) in [6.45, 7) is 1.96. The molecule has 0 saturated heterocycles. The lowest BCUT2D eigenvalue weighted by atomic mass is 10.0. The maximum absolute atomic E-state index is 5.68. The second-order valence-corrected chi connectivity index (χ2v) is 6.13. The summed E-state index contributed by atoms with van der Waals surface area (Å²) in [7, 11) is 0. The highest BCUT2D eigenvalue weighted by atomic mass is 79.9. The predicted molar refractivity (Wildman–Crippen MR) is 89.9 cm³/mol. The van der Waals surface area contributed by atoms with Crippen molar-refractivity contribution >= 4 is 15.9 Å². The van der Waals surface area contributed by atoms with Gasteiger partial charge in [-0.1, -0.05) is 70.5 Å². The van der Waals surface area contributed by atoms with Gasteiger partial charge >= 0.3 is 0 Å². The molecule has 3 aromatic rings. The van der Waals surface area contributed by atoms with E-state index in [1.165, 1.54) is 16.7 Å². The molecule has 0 N–H and O–H groups in total. The maximum atomic E-state index is 5.68. The lowest BCUT2D eigenvalue weighted by molar-refractivity contribution is 0.492. The highest BCUT2D eigenvalue weighted by Crippen LogP contribution is 2.32. The van der Waals surface area contributed by atoms with E-state index in [1.807, 2.05) is 25.1 Å². The van der Waals surface area contributed by atoms with Crippen molar-refractivity contribution in [3.05, 3.63) is 94.9 Å². The molecular formula is C19H17BrO. The molecule has 1 unspecified atom stereocenters. The minimum Gasteiger partial charge on any atom is -0.465 e. The third-order valence-corrected chi connectivity index (χ3v) is 4.51. The van der Waals surface area contributed by atoms with Crippen molar-refractivity contribution in [2.24, 2.45) is 0 Å². The summed E-state index contributed by atoms with van der Waals surface area (Å²) in [6.07, 6.45) is 0.966. The van der Waals surface area contributed by atoms with Crippen LogP contribution in [0.2, 0.25) is 0 Å². The number of alkyl halides is 1. The fraction of sp³-hybridized carbons (Fsp3) is 0.158. The second-order valence-electron chi connectivity index (χ2n) is 5.21. The summed E-state index contributed by atoms with van der Waals surface area (Å²) in [4.78, 5) is 0.108. The molecule has 1 nitrogen and oxygen atoms in total. The first-order valence-electron chi connectivity index (χ1n) is 7.05. The zero-order chi connectivity index (χ0) is 14.7. The van der Waals surface area contributed by atoms with Crippen LogP contribution >= 0.6 is 15.9 Å². The normalized spacial score (nSPS) is 12.3. The topological polar surface area (TPSA) is 13.1 Å². The van der Waals surface area contributed by atoms with Gasteiger partial charge in [-0.05, 0) is 42.2 Å². The molecule has 106 valence electrons. The minimum atomic E-state index is 0.108. The molecule has 0 fully saturated rings. The standard InChI is InChI=1S/C19H17BrO/c1-14-7-12-18(21-14)19(20)17-10-8-16(9-11-17)13-15-5-3-2-4-6-15/h2-12,19H,13H2,1H3. The van der Waals surface area contributed by atoms with E-state index in [4.69, 9.17) is 4.42 Å². The van der Waals surface area contributed by atoms with Crippen molar-refractivity contribution in [3.8, 4) is 0 Å². The molecule has 0 radical (unpaired) electrons. The van der Waals surface area contributed by atoms with Crippen LogP contribution < -0.4 is 0 Å². The number of benzene rings is 2. The summed E-state index contributed by atoms with van der Waals surface area (Å²) in [5.41, 5.74) is 3.86. The van der Waals surface area contributed by atoms with Crippen molar-refractivity contribution < 1.29 is 4.42 Å². The number of rotatable bonds is 4. The molecule has 0 aliphatic heterocycles. The van der Waals surface area contributed by atoms with Crippen molar-refractivity contribution in [1.29, 1.82) is 0 Å². The van der Waals surface area contributed by atoms with Gasteiger partial charge in [-0.15, -0.1) is 0 Å². The van der Waals surface area contributed by atoms with Crippen LogP contribution in [0.5, 0.6) is 0 Å². The van der Waals surface area contributed by atoms with Gasteiger partial charge in [0.2, 0.25) is 0 Å². The Labute approximate surface area is 133 Å². The quantitative estimate of drug-likeness (QED) is 0.558. The largest absolute Gasteiger partial charge is 0.465 e. The average Bonchev–Trinajstić information content (AvgIpc) is 2.95. The molecular weight excluding hydrogens is 324 g/mol. The highest BCUT2D eigenvalue weighted by Gasteiger charge is 2.13. The average molecular weight is 341 g/mol. The Bertz CT molecular complexity index is 698. The Morgan fingerprint density at radius 2 is 1.52 bits per heavy atom. The van der Waals surface area contributed by atoms with E-state index >= 15 is 0 Å². The summed E-state index contributed by atoms with van der Waals surface area (Å²) in [5.74, 6) is 1.89. The lowest BCUT2D eigenvalue weighted by Crippen LogP contribution is -1.93. The molecule has 3 rings (SSSR count). The molecule has 2 heteroatoms. The van der Waals surface area contributed by atoms with E-state index in [-0.39, 0.29) is 4.83 Å². The Balaban J connectivity index is 1.75.